The zero-order valence-electron chi connectivity index (χ0n) is 14.3. The molecule has 25 heavy (non-hydrogen) atoms. The fourth-order valence-electron chi connectivity index (χ4n) is 4.10. The predicted octanol–water partition coefficient (Wildman–Crippen LogP) is 3.14. The number of hydrogen-bond donors (Lipinski definition) is 2. The number of hydrogen-bond acceptors (Lipinski definition) is 2. The Morgan fingerprint density at radius 1 is 1.20 bits per heavy atom. The highest BCUT2D eigenvalue weighted by Crippen LogP contribution is 2.39. The highest BCUT2D eigenvalue weighted by Gasteiger charge is 2.36. The van der Waals surface area contributed by atoms with Crippen LogP contribution in [0.2, 0.25) is 0 Å². The Hall–Kier alpha value is -2.11. The van der Waals surface area contributed by atoms with E-state index in [1.54, 1.807) is 4.90 Å². The van der Waals surface area contributed by atoms with Crippen LogP contribution < -0.4 is 5.32 Å². The van der Waals surface area contributed by atoms with E-state index in [0.29, 0.717) is 19.5 Å². The molecule has 1 aliphatic carbocycles. The minimum Gasteiger partial charge on any atom is -0.481 e. The van der Waals surface area contributed by atoms with E-state index in [4.69, 9.17) is 5.11 Å². The molecule has 1 aromatic carbocycles. The maximum Gasteiger partial charge on any atom is 0.317 e. The Kier molecular flexibility index (Phi) is 5.25. The second kappa shape index (κ2) is 7.42. The van der Waals surface area contributed by atoms with Gasteiger partial charge in [0, 0.05) is 25.0 Å². The van der Waals surface area contributed by atoms with Crippen LogP contribution >= 0.6 is 0 Å². The lowest BCUT2D eigenvalue weighted by atomic mass is 9.69. The molecule has 1 aliphatic heterocycles. The van der Waals surface area contributed by atoms with Gasteiger partial charge in [0.25, 0.3) is 0 Å². The lowest BCUT2D eigenvalue weighted by molar-refractivity contribution is -0.141. The van der Waals surface area contributed by atoms with Gasteiger partial charge in [0.2, 0.25) is 0 Å². The number of aliphatic carboxylic acids is 1. The van der Waals surface area contributed by atoms with E-state index in [1.807, 2.05) is 12.1 Å². The first-order valence-corrected chi connectivity index (χ1v) is 9.02. The van der Waals surface area contributed by atoms with E-state index in [0.717, 1.165) is 31.2 Å². The van der Waals surface area contributed by atoms with Crippen molar-refractivity contribution in [3.63, 3.8) is 0 Å². The molecule has 1 saturated heterocycles. The first-order chi connectivity index (χ1) is 12.0. The summed E-state index contributed by atoms with van der Waals surface area (Å²) in [5.41, 5.74) is 0.909. The average molecular weight is 348 g/mol. The number of urea groups is 1. The number of likely N-dealkylation sites (tertiary alicyclic amines) is 1. The van der Waals surface area contributed by atoms with Crippen molar-refractivity contribution in [2.75, 3.05) is 19.6 Å². The standard InChI is InChI=1S/C19H25FN2O3/c20-16-6-4-15(5-7-16)19(9-2-1-3-10-19)13-21-18(25)22-11-8-14(12-22)17(23)24/h4-7,14H,1-3,8-13H2,(H,21,25)(H,23,24). The van der Waals surface area contributed by atoms with Gasteiger partial charge < -0.3 is 15.3 Å². The third-order valence-corrected chi connectivity index (χ3v) is 5.67. The molecular weight excluding hydrogens is 323 g/mol. The topological polar surface area (TPSA) is 69.6 Å². The van der Waals surface area contributed by atoms with Gasteiger partial charge in [-0.3, -0.25) is 4.79 Å². The summed E-state index contributed by atoms with van der Waals surface area (Å²) < 4.78 is 13.3. The smallest absolute Gasteiger partial charge is 0.317 e. The lowest BCUT2D eigenvalue weighted by Gasteiger charge is -2.38. The quantitative estimate of drug-likeness (QED) is 0.878. The van der Waals surface area contributed by atoms with Crippen molar-refractivity contribution in [2.24, 2.45) is 5.92 Å². The SMILES string of the molecule is O=C(O)C1CCN(C(=O)NCC2(c3ccc(F)cc3)CCCCC2)C1. The van der Waals surface area contributed by atoms with Crippen molar-refractivity contribution in [3.05, 3.63) is 35.6 Å². The highest BCUT2D eigenvalue weighted by atomic mass is 19.1. The van der Waals surface area contributed by atoms with Gasteiger partial charge in [0.1, 0.15) is 5.82 Å². The van der Waals surface area contributed by atoms with Gasteiger partial charge in [0.05, 0.1) is 5.92 Å². The fraction of sp³-hybridized carbons (Fsp3) is 0.579. The maximum atomic E-state index is 13.3. The van der Waals surface area contributed by atoms with Crippen molar-refractivity contribution < 1.29 is 19.1 Å². The Morgan fingerprint density at radius 3 is 2.48 bits per heavy atom. The minimum atomic E-state index is -0.842. The number of amides is 2. The van der Waals surface area contributed by atoms with E-state index in [1.165, 1.54) is 18.6 Å². The van der Waals surface area contributed by atoms with E-state index in [-0.39, 0.29) is 23.8 Å². The Labute approximate surface area is 147 Å². The summed E-state index contributed by atoms with van der Waals surface area (Å²) in [5.74, 6) is -1.56. The number of halogens is 1. The number of carboxylic acids is 1. The number of carboxylic acid groups (broad SMARTS) is 1. The predicted molar refractivity (Wildman–Crippen MR) is 91.9 cm³/mol. The summed E-state index contributed by atoms with van der Waals surface area (Å²) in [6, 6.07) is 6.40. The van der Waals surface area contributed by atoms with Crippen LogP contribution in [0.25, 0.3) is 0 Å². The molecule has 1 unspecified atom stereocenters. The lowest BCUT2D eigenvalue weighted by Crippen LogP contribution is -2.46. The molecule has 136 valence electrons. The van der Waals surface area contributed by atoms with Gasteiger partial charge in [-0.15, -0.1) is 0 Å². The Balaban J connectivity index is 1.66. The number of carbonyl (C=O) groups is 2. The molecule has 2 aliphatic rings. The molecule has 0 radical (unpaired) electrons. The molecule has 2 fully saturated rings. The molecule has 1 atom stereocenters. The fourth-order valence-corrected chi connectivity index (χ4v) is 4.10. The molecule has 5 nitrogen and oxygen atoms in total. The Bertz CT molecular complexity index is 626. The number of carbonyl (C=O) groups excluding carboxylic acids is 1. The van der Waals surface area contributed by atoms with Gasteiger partial charge in [-0.05, 0) is 37.0 Å². The van der Waals surface area contributed by atoms with Gasteiger partial charge in [-0.1, -0.05) is 31.4 Å². The van der Waals surface area contributed by atoms with Gasteiger partial charge in [-0.25, -0.2) is 9.18 Å². The first kappa shape index (κ1) is 17.7. The molecule has 1 aromatic rings. The summed E-state index contributed by atoms with van der Waals surface area (Å²) in [7, 11) is 0. The second-order valence-corrected chi connectivity index (χ2v) is 7.28. The van der Waals surface area contributed by atoms with Crippen LogP contribution in [0, 0.1) is 11.7 Å². The van der Waals surface area contributed by atoms with Crippen LogP contribution in [-0.4, -0.2) is 41.6 Å². The normalized spacial score (nSPS) is 22.6. The Morgan fingerprint density at radius 2 is 1.88 bits per heavy atom. The van der Waals surface area contributed by atoms with Crippen molar-refractivity contribution in [1.29, 1.82) is 0 Å². The van der Waals surface area contributed by atoms with E-state index in [2.05, 4.69) is 5.32 Å². The molecule has 1 heterocycles. The first-order valence-electron chi connectivity index (χ1n) is 9.02. The molecular formula is C19H25FN2O3. The molecule has 1 saturated carbocycles. The zero-order chi connectivity index (χ0) is 17.9. The second-order valence-electron chi connectivity index (χ2n) is 7.28. The number of benzene rings is 1. The molecule has 6 heteroatoms. The summed E-state index contributed by atoms with van der Waals surface area (Å²) in [4.78, 5) is 25.1. The van der Waals surface area contributed by atoms with Gasteiger partial charge >= 0.3 is 12.0 Å². The number of rotatable bonds is 4. The van der Waals surface area contributed by atoms with Gasteiger partial charge in [-0.2, -0.15) is 0 Å². The third-order valence-electron chi connectivity index (χ3n) is 5.67. The van der Waals surface area contributed by atoms with E-state index in [9.17, 15) is 14.0 Å². The molecule has 2 amide bonds. The summed E-state index contributed by atoms with van der Waals surface area (Å²) in [5, 5.41) is 12.1. The summed E-state index contributed by atoms with van der Waals surface area (Å²) >= 11 is 0. The summed E-state index contributed by atoms with van der Waals surface area (Å²) in [6.07, 6.45) is 5.82. The molecule has 3 rings (SSSR count). The highest BCUT2D eigenvalue weighted by molar-refractivity contribution is 5.77. The monoisotopic (exact) mass is 348 g/mol. The summed E-state index contributed by atoms with van der Waals surface area (Å²) in [6.45, 7) is 1.25. The largest absolute Gasteiger partial charge is 0.481 e. The number of nitrogens with one attached hydrogen (secondary N) is 1. The average Bonchev–Trinajstić information content (AvgIpc) is 3.12. The van der Waals surface area contributed by atoms with Crippen molar-refractivity contribution >= 4 is 12.0 Å². The van der Waals surface area contributed by atoms with Crippen LogP contribution in [0.1, 0.15) is 44.1 Å². The van der Waals surface area contributed by atoms with E-state index >= 15 is 0 Å². The van der Waals surface area contributed by atoms with Crippen LogP contribution in [0.15, 0.2) is 24.3 Å². The van der Waals surface area contributed by atoms with Crippen molar-refractivity contribution in [2.45, 2.75) is 43.9 Å². The molecule has 0 spiro atoms. The third kappa shape index (κ3) is 3.94. The van der Waals surface area contributed by atoms with Gasteiger partial charge in [0.15, 0.2) is 0 Å². The van der Waals surface area contributed by atoms with E-state index < -0.39 is 11.9 Å². The van der Waals surface area contributed by atoms with Crippen LogP contribution in [0.4, 0.5) is 9.18 Å². The zero-order valence-corrected chi connectivity index (χ0v) is 14.3. The molecule has 0 bridgehead atoms. The number of nitrogens with zero attached hydrogens (tertiary/aromatic N) is 1. The molecule has 0 aromatic heterocycles. The maximum absolute atomic E-state index is 13.3. The van der Waals surface area contributed by atoms with Crippen LogP contribution in [-0.2, 0) is 10.2 Å². The minimum absolute atomic E-state index is 0.159. The van der Waals surface area contributed by atoms with Crippen LogP contribution in [0.5, 0.6) is 0 Å². The van der Waals surface area contributed by atoms with Crippen molar-refractivity contribution in [3.8, 4) is 0 Å². The molecule has 2 N–H and O–H groups in total. The van der Waals surface area contributed by atoms with Crippen LogP contribution in [0.3, 0.4) is 0 Å². The van der Waals surface area contributed by atoms with Crippen molar-refractivity contribution in [1.82, 2.24) is 10.2 Å².